The Balaban J connectivity index is 1.49. The van der Waals surface area contributed by atoms with Gasteiger partial charge in [-0.3, -0.25) is 14.1 Å². The second kappa shape index (κ2) is 6.90. The third kappa shape index (κ3) is 3.36. The Labute approximate surface area is 156 Å². The van der Waals surface area contributed by atoms with Crippen LogP contribution in [0.1, 0.15) is 34.6 Å². The summed E-state index contributed by atoms with van der Waals surface area (Å²) < 4.78 is 2.17. The quantitative estimate of drug-likeness (QED) is 0.634. The first-order chi connectivity index (χ1) is 12.1. The van der Waals surface area contributed by atoms with Crippen molar-refractivity contribution in [1.82, 2.24) is 14.3 Å². The lowest BCUT2D eigenvalue weighted by molar-refractivity contribution is 0.0809. The van der Waals surface area contributed by atoms with Crippen molar-refractivity contribution in [3.63, 3.8) is 0 Å². The fourth-order valence-corrected chi connectivity index (χ4v) is 4.51. The number of rotatable bonds is 4. The average molecular weight is 374 g/mol. The van der Waals surface area contributed by atoms with Crippen molar-refractivity contribution in [3.05, 3.63) is 57.8 Å². The van der Waals surface area contributed by atoms with Gasteiger partial charge in [0.15, 0.2) is 10.7 Å². The minimum absolute atomic E-state index is 0.0566. The summed E-state index contributed by atoms with van der Waals surface area (Å²) in [6.07, 6.45) is 4.08. The standard InChI is InChI=1S/C19H20ClN3OS/c1-13-17(23-9-10-25-19(23)21-13)12-22-8-2-3-15(11-22)18(24)14-4-6-16(20)7-5-14/h4-7,9-10,15H,2-3,8,11-12H2,1H3/t15-/m1/s1. The van der Waals surface area contributed by atoms with E-state index in [0.29, 0.717) is 5.02 Å². The maximum absolute atomic E-state index is 12.8. The van der Waals surface area contributed by atoms with Crippen LogP contribution in [0, 0.1) is 12.8 Å². The van der Waals surface area contributed by atoms with Gasteiger partial charge in [0.1, 0.15) is 0 Å². The van der Waals surface area contributed by atoms with Crippen LogP contribution in [0.15, 0.2) is 35.8 Å². The molecule has 1 aliphatic heterocycles. The van der Waals surface area contributed by atoms with Gasteiger partial charge in [-0.15, -0.1) is 11.3 Å². The van der Waals surface area contributed by atoms with E-state index in [1.807, 2.05) is 12.1 Å². The lowest BCUT2D eigenvalue weighted by atomic mass is 9.90. The highest BCUT2D eigenvalue weighted by Gasteiger charge is 2.27. The normalized spacial score (nSPS) is 18.7. The maximum atomic E-state index is 12.8. The van der Waals surface area contributed by atoms with Gasteiger partial charge in [-0.1, -0.05) is 11.6 Å². The zero-order valence-corrected chi connectivity index (χ0v) is 15.7. The Morgan fingerprint density at radius 2 is 2.16 bits per heavy atom. The van der Waals surface area contributed by atoms with Crippen LogP contribution in [0.2, 0.25) is 5.02 Å². The lowest BCUT2D eigenvalue weighted by Gasteiger charge is -2.32. The molecule has 130 valence electrons. The third-order valence-corrected chi connectivity index (χ3v) is 5.95. The van der Waals surface area contributed by atoms with Gasteiger partial charge in [0, 0.05) is 41.2 Å². The number of carbonyl (C=O) groups is 1. The number of ketones is 1. The monoisotopic (exact) mass is 373 g/mol. The molecular weight excluding hydrogens is 354 g/mol. The number of hydrogen-bond donors (Lipinski definition) is 0. The molecule has 0 bridgehead atoms. The number of hydrogen-bond acceptors (Lipinski definition) is 4. The number of nitrogens with zero attached hydrogens (tertiary/aromatic N) is 3. The van der Waals surface area contributed by atoms with Crippen molar-refractivity contribution in [2.45, 2.75) is 26.3 Å². The molecule has 0 unspecified atom stereocenters. The number of piperidine rings is 1. The van der Waals surface area contributed by atoms with E-state index in [2.05, 4.69) is 32.8 Å². The SMILES string of the molecule is Cc1nc2sccn2c1CN1CCC[C@@H](C(=O)c2ccc(Cl)cc2)C1. The van der Waals surface area contributed by atoms with Crippen LogP contribution in [-0.4, -0.2) is 33.2 Å². The summed E-state index contributed by atoms with van der Waals surface area (Å²) in [5, 5.41) is 2.73. The number of aromatic nitrogens is 2. The van der Waals surface area contributed by atoms with Crippen LogP contribution < -0.4 is 0 Å². The molecule has 0 N–H and O–H groups in total. The molecule has 6 heteroatoms. The number of imidazole rings is 1. The van der Waals surface area contributed by atoms with Gasteiger partial charge in [-0.25, -0.2) is 4.98 Å². The molecule has 1 aromatic carbocycles. The number of benzene rings is 1. The number of thiazole rings is 1. The predicted molar refractivity (Wildman–Crippen MR) is 102 cm³/mol. The largest absolute Gasteiger partial charge is 0.297 e. The lowest BCUT2D eigenvalue weighted by Crippen LogP contribution is -2.38. The Kier molecular flexibility index (Phi) is 4.63. The summed E-state index contributed by atoms with van der Waals surface area (Å²) in [4.78, 5) is 20.9. The molecule has 1 atom stereocenters. The van der Waals surface area contributed by atoms with Gasteiger partial charge >= 0.3 is 0 Å². The molecule has 0 radical (unpaired) electrons. The van der Waals surface area contributed by atoms with Crippen LogP contribution >= 0.6 is 22.9 Å². The number of likely N-dealkylation sites (tertiary alicyclic amines) is 1. The molecule has 25 heavy (non-hydrogen) atoms. The molecule has 0 amide bonds. The van der Waals surface area contributed by atoms with Gasteiger partial charge in [0.2, 0.25) is 0 Å². The van der Waals surface area contributed by atoms with Crippen molar-refractivity contribution in [3.8, 4) is 0 Å². The molecule has 0 spiro atoms. The summed E-state index contributed by atoms with van der Waals surface area (Å²) in [5.74, 6) is 0.285. The van der Waals surface area contributed by atoms with Crippen molar-refractivity contribution < 1.29 is 4.79 Å². The van der Waals surface area contributed by atoms with Crippen LogP contribution in [0.3, 0.4) is 0 Å². The van der Waals surface area contributed by atoms with Gasteiger partial charge in [0.25, 0.3) is 0 Å². The highest BCUT2D eigenvalue weighted by Crippen LogP contribution is 2.25. The van der Waals surface area contributed by atoms with Gasteiger partial charge < -0.3 is 0 Å². The fourth-order valence-electron chi connectivity index (χ4n) is 3.61. The van der Waals surface area contributed by atoms with Crippen molar-refractivity contribution >= 4 is 33.7 Å². The van der Waals surface area contributed by atoms with Crippen LogP contribution in [0.25, 0.3) is 4.96 Å². The number of Topliss-reactive ketones (excluding diaryl/α,β-unsaturated/α-hetero) is 1. The molecule has 0 aliphatic carbocycles. The highest BCUT2D eigenvalue weighted by atomic mass is 35.5. The van der Waals surface area contributed by atoms with Crippen LogP contribution in [0.4, 0.5) is 0 Å². The molecule has 0 saturated carbocycles. The number of carbonyl (C=O) groups excluding carboxylic acids is 1. The van der Waals surface area contributed by atoms with Crippen molar-refractivity contribution in [1.29, 1.82) is 0 Å². The minimum Gasteiger partial charge on any atom is -0.297 e. The Morgan fingerprint density at radius 3 is 2.96 bits per heavy atom. The average Bonchev–Trinajstić information content (AvgIpc) is 3.18. The molecule has 3 heterocycles. The topological polar surface area (TPSA) is 37.6 Å². The van der Waals surface area contributed by atoms with Gasteiger partial charge in [-0.2, -0.15) is 0 Å². The number of halogens is 1. The summed E-state index contributed by atoms with van der Waals surface area (Å²) >= 11 is 7.59. The molecule has 1 saturated heterocycles. The molecule has 1 fully saturated rings. The van der Waals surface area contributed by atoms with Crippen molar-refractivity contribution in [2.24, 2.45) is 5.92 Å². The molecular formula is C19H20ClN3OS. The van der Waals surface area contributed by atoms with E-state index in [4.69, 9.17) is 11.6 Å². The highest BCUT2D eigenvalue weighted by molar-refractivity contribution is 7.15. The summed E-state index contributed by atoms with van der Waals surface area (Å²) in [6.45, 7) is 4.74. The van der Waals surface area contributed by atoms with E-state index in [1.165, 1.54) is 5.69 Å². The fraction of sp³-hybridized carbons (Fsp3) is 0.368. The zero-order chi connectivity index (χ0) is 17.4. The maximum Gasteiger partial charge on any atom is 0.194 e. The first-order valence-electron chi connectivity index (χ1n) is 8.55. The van der Waals surface area contributed by atoms with Crippen LogP contribution in [0.5, 0.6) is 0 Å². The van der Waals surface area contributed by atoms with E-state index >= 15 is 0 Å². The third-order valence-electron chi connectivity index (χ3n) is 4.94. The van der Waals surface area contributed by atoms with Gasteiger partial charge in [0.05, 0.1) is 11.4 Å². The molecule has 1 aliphatic rings. The Hall–Kier alpha value is -1.69. The first kappa shape index (κ1) is 16.8. The number of aryl methyl sites for hydroxylation is 1. The summed E-state index contributed by atoms with van der Waals surface area (Å²) in [5.41, 5.74) is 3.07. The van der Waals surface area contributed by atoms with E-state index in [1.54, 1.807) is 23.5 Å². The Morgan fingerprint density at radius 1 is 1.36 bits per heavy atom. The molecule has 3 aromatic rings. The summed E-state index contributed by atoms with van der Waals surface area (Å²) in [6, 6.07) is 7.25. The number of fused-ring (bicyclic) bond motifs is 1. The van der Waals surface area contributed by atoms with E-state index in [-0.39, 0.29) is 11.7 Å². The molecule has 2 aromatic heterocycles. The minimum atomic E-state index is 0.0566. The van der Waals surface area contributed by atoms with E-state index < -0.39 is 0 Å². The van der Waals surface area contributed by atoms with E-state index in [0.717, 1.165) is 48.7 Å². The van der Waals surface area contributed by atoms with Crippen molar-refractivity contribution in [2.75, 3.05) is 13.1 Å². The van der Waals surface area contributed by atoms with Crippen LogP contribution in [-0.2, 0) is 6.54 Å². The second-order valence-corrected chi connectivity index (χ2v) is 7.95. The second-order valence-electron chi connectivity index (χ2n) is 6.64. The predicted octanol–water partition coefficient (Wildman–Crippen LogP) is 4.45. The molecule has 4 rings (SSSR count). The van der Waals surface area contributed by atoms with E-state index in [9.17, 15) is 4.79 Å². The first-order valence-corrected chi connectivity index (χ1v) is 9.81. The summed E-state index contributed by atoms with van der Waals surface area (Å²) in [7, 11) is 0. The zero-order valence-electron chi connectivity index (χ0n) is 14.1. The smallest absolute Gasteiger partial charge is 0.194 e. The Bertz CT molecular complexity index is 899. The van der Waals surface area contributed by atoms with Gasteiger partial charge in [-0.05, 0) is 50.6 Å². The molecule has 4 nitrogen and oxygen atoms in total.